The molecule has 1 aromatic heterocycles. The summed E-state index contributed by atoms with van der Waals surface area (Å²) in [5.41, 5.74) is 9.15. The first-order valence-electron chi connectivity index (χ1n) is 13.1. The van der Waals surface area contributed by atoms with Crippen molar-refractivity contribution in [1.82, 2.24) is 14.9 Å². The summed E-state index contributed by atoms with van der Waals surface area (Å²) in [7, 11) is 2.26. The van der Waals surface area contributed by atoms with Crippen LogP contribution in [0.15, 0.2) is 42.5 Å². The number of nitrogens with one attached hydrogen (secondary N) is 1. The zero-order chi connectivity index (χ0) is 24.1. The monoisotopic (exact) mass is 456 g/mol. The minimum Gasteiger partial charge on any atom is -0.370 e. The lowest BCUT2D eigenvalue weighted by Crippen LogP contribution is -2.28. The summed E-state index contributed by atoms with van der Waals surface area (Å²) >= 11 is 0. The van der Waals surface area contributed by atoms with Crippen molar-refractivity contribution in [1.29, 1.82) is 0 Å². The normalized spacial score (nSPS) is 15.4. The summed E-state index contributed by atoms with van der Waals surface area (Å²) in [6, 6.07) is 16.0. The molecule has 0 saturated carbocycles. The van der Waals surface area contributed by atoms with Gasteiger partial charge in [-0.1, -0.05) is 63.2 Å². The van der Waals surface area contributed by atoms with Crippen molar-refractivity contribution in [3.8, 4) is 11.4 Å². The maximum Gasteiger partial charge on any atom is 0.162 e. The highest BCUT2D eigenvalue weighted by atomic mass is 15.1. The van der Waals surface area contributed by atoms with Crippen LogP contribution in [0.25, 0.3) is 11.4 Å². The Morgan fingerprint density at radius 2 is 1.71 bits per heavy atom. The molecule has 0 saturated heterocycles. The van der Waals surface area contributed by atoms with Gasteiger partial charge in [-0.05, 0) is 74.8 Å². The van der Waals surface area contributed by atoms with Gasteiger partial charge in [0.25, 0.3) is 0 Å². The molecule has 1 heterocycles. The summed E-state index contributed by atoms with van der Waals surface area (Å²) in [6.45, 7) is 10.5. The zero-order valence-electron chi connectivity index (χ0n) is 21.6. The second kappa shape index (κ2) is 11.1. The second-order valence-electron chi connectivity index (χ2n) is 9.57. The van der Waals surface area contributed by atoms with Gasteiger partial charge >= 0.3 is 0 Å². The van der Waals surface area contributed by atoms with Crippen LogP contribution in [-0.4, -0.2) is 28.5 Å². The van der Waals surface area contributed by atoms with Gasteiger partial charge in [-0.3, -0.25) is 4.90 Å². The van der Waals surface area contributed by atoms with E-state index >= 15 is 0 Å². The van der Waals surface area contributed by atoms with Gasteiger partial charge in [-0.2, -0.15) is 0 Å². The van der Waals surface area contributed by atoms with Crippen LogP contribution >= 0.6 is 0 Å². The van der Waals surface area contributed by atoms with Gasteiger partial charge in [-0.15, -0.1) is 0 Å². The van der Waals surface area contributed by atoms with Crippen LogP contribution in [0.4, 0.5) is 5.82 Å². The topological polar surface area (TPSA) is 41.1 Å². The van der Waals surface area contributed by atoms with Gasteiger partial charge in [0, 0.05) is 36.0 Å². The van der Waals surface area contributed by atoms with E-state index in [9.17, 15) is 0 Å². The number of nitrogens with zero attached hydrogens (tertiary/aromatic N) is 3. The van der Waals surface area contributed by atoms with E-state index in [2.05, 4.69) is 87.4 Å². The third kappa shape index (κ3) is 5.02. The molecule has 2 aromatic carbocycles. The molecule has 180 valence electrons. The Kier molecular flexibility index (Phi) is 7.99. The fraction of sp³-hybridized carbons (Fsp3) is 0.467. The van der Waals surface area contributed by atoms with Crippen molar-refractivity contribution in [3.05, 3.63) is 76.0 Å². The van der Waals surface area contributed by atoms with Crippen molar-refractivity contribution < 1.29 is 0 Å². The Morgan fingerprint density at radius 1 is 0.971 bits per heavy atom. The Labute approximate surface area is 205 Å². The van der Waals surface area contributed by atoms with Crippen LogP contribution in [0.5, 0.6) is 0 Å². The smallest absolute Gasteiger partial charge is 0.162 e. The molecular weight excluding hydrogens is 416 g/mol. The van der Waals surface area contributed by atoms with E-state index in [4.69, 9.17) is 9.97 Å². The standard InChI is InChI=1S/C30H40N4/c1-6-19-31-29-26(20-34(5)27-18-12-16-24-13-9-10-17-25(24)27)21(4)32-30(33-29)28-22(7-2)14-11-15-23(28)8-3/h9-11,13-15,17,27H,6-8,12,16,18-20H2,1-5H3,(H,31,32,33)/t27-/m0/s1. The van der Waals surface area contributed by atoms with Crippen LogP contribution < -0.4 is 5.32 Å². The van der Waals surface area contributed by atoms with E-state index < -0.39 is 0 Å². The summed E-state index contributed by atoms with van der Waals surface area (Å²) < 4.78 is 0. The Hall–Kier alpha value is -2.72. The fourth-order valence-electron chi connectivity index (χ4n) is 5.36. The molecule has 4 nitrogen and oxygen atoms in total. The summed E-state index contributed by atoms with van der Waals surface area (Å²) in [6.07, 6.45) is 6.67. The summed E-state index contributed by atoms with van der Waals surface area (Å²) in [5, 5.41) is 3.64. The molecule has 0 aliphatic heterocycles. The van der Waals surface area contributed by atoms with E-state index in [0.717, 1.165) is 49.7 Å². The minimum atomic E-state index is 0.440. The number of rotatable bonds is 9. The first kappa shape index (κ1) is 24.4. The lowest BCUT2D eigenvalue weighted by atomic mass is 9.87. The quantitative estimate of drug-likeness (QED) is 0.380. The van der Waals surface area contributed by atoms with E-state index in [0.29, 0.717) is 6.04 Å². The SMILES string of the molecule is CCCNc1nc(-c2c(CC)cccc2CC)nc(C)c1CN(C)[C@H]1CCCc2ccccc21. The van der Waals surface area contributed by atoms with E-state index in [1.165, 1.54) is 52.6 Å². The van der Waals surface area contributed by atoms with E-state index in [1.807, 2.05) is 0 Å². The van der Waals surface area contributed by atoms with Crippen molar-refractivity contribution in [2.24, 2.45) is 0 Å². The average molecular weight is 457 g/mol. The van der Waals surface area contributed by atoms with Gasteiger partial charge < -0.3 is 5.32 Å². The van der Waals surface area contributed by atoms with Crippen LogP contribution in [0, 0.1) is 6.92 Å². The Balaban J connectivity index is 1.72. The largest absolute Gasteiger partial charge is 0.370 e. The zero-order valence-corrected chi connectivity index (χ0v) is 21.6. The highest BCUT2D eigenvalue weighted by Gasteiger charge is 2.25. The second-order valence-corrected chi connectivity index (χ2v) is 9.57. The first-order valence-corrected chi connectivity index (χ1v) is 13.1. The van der Waals surface area contributed by atoms with Gasteiger partial charge in [0.2, 0.25) is 0 Å². The first-order chi connectivity index (χ1) is 16.6. The Bertz CT molecular complexity index is 1100. The molecule has 3 aromatic rings. The molecule has 4 heteroatoms. The van der Waals surface area contributed by atoms with Gasteiger partial charge in [0.15, 0.2) is 5.82 Å². The predicted octanol–water partition coefficient (Wildman–Crippen LogP) is 6.91. The summed E-state index contributed by atoms with van der Waals surface area (Å²) in [5.74, 6) is 1.85. The number of hydrogen-bond donors (Lipinski definition) is 1. The van der Waals surface area contributed by atoms with Crippen molar-refractivity contribution in [3.63, 3.8) is 0 Å². The number of fused-ring (bicyclic) bond motifs is 1. The number of aromatic nitrogens is 2. The number of anilines is 1. The van der Waals surface area contributed by atoms with Crippen LogP contribution in [0.2, 0.25) is 0 Å². The number of hydrogen-bond acceptors (Lipinski definition) is 4. The lowest BCUT2D eigenvalue weighted by Gasteiger charge is -2.34. The number of aryl methyl sites for hydroxylation is 4. The minimum absolute atomic E-state index is 0.440. The molecule has 1 aliphatic rings. The molecule has 0 fully saturated rings. The third-order valence-electron chi connectivity index (χ3n) is 7.26. The molecule has 0 bridgehead atoms. The molecule has 4 rings (SSSR count). The fourth-order valence-corrected chi connectivity index (χ4v) is 5.36. The molecule has 0 amide bonds. The molecule has 0 radical (unpaired) electrons. The molecular formula is C30H40N4. The lowest BCUT2D eigenvalue weighted by molar-refractivity contribution is 0.213. The molecule has 1 N–H and O–H groups in total. The highest BCUT2D eigenvalue weighted by Crippen LogP contribution is 2.36. The highest BCUT2D eigenvalue weighted by molar-refractivity contribution is 5.67. The predicted molar refractivity (Wildman–Crippen MR) is 143 cm³/mol. The van der Waals surface area contributed by atoms with E-state index in [1.54, 1.807) is 0 Å². The van der Waals surface area contributed by atoms with E-state index in [-0.39, 0.29) is 0 Å². The number of benzene rings is 2. The molecule has 1 atom stereocenters. The van der Waals surface area contributed by atoms with Gasteiger partial charge in [-0.25, -0.2) is 9.97 Å². The maximum absolute atomic E-state index is 5.15. The Morgan fingerprint density at radius 3 is 2.41 bits per heavy atom. The molecule has 0 unspecified atom stereocenters. The van der Waals surface area contributed by atoms with Crippen molar-refractivity contribution in [2.75, 3.05) is 18.9 Å². The molecule has 0 spiro atoms. The van der Waals surface area contributed by atoms with Gasteiger partial charge in [0.05, 0.1) is 0 Å². The maximum atomic E-state index is 5.15. The average Bonchev–Trinajstić information content (AvgIpc) is 2.87. The van der Waals surface area contributed by atoms with Crippen LogP contribution in [-0.2, 0) is 25.8 Å². The van der Waals surface area contributed by atoms with Crippen molar-refractivity contribution in [2.45, 2.75) is 78.8 Å². The van der Waals surface area contributed by atoms with Gasteiger partial charge in [0.1, 0.15) is 5.82 Å². The van der Waals surface area contributed by atoms with Crippen LogP contribution in [0.3, 0.4) is 0 Å². The van der Waals surface area contributed by atoms with Crippen molar-refractivity contribution >= 4 is 5.82 Å². The summed E-state index contributed by atoms with van der Waals surface area (Å²) in [4.78, 5) is 12.7. The van der Waals surface area contributed by atoms with Crippen LogP contribution in [0.1, 0.15) is 79.6 Å². The third-order valence-corrected chi connectivity index (χ3v) is 7.26. The molecule has 1 aliphatic carbocycles. The molecule has 34 heavy (non-hydrogen) atoms.